The minimum atomic E-state index is -0.776. The van der Waals surface area contributed by atoms with E-state index in [2.05, 4.69) is 31.4 Å². The highest BCUT2D eigenvalue weighted by molar-refractivity contribution is 6.09. The lowest BCUT2D eigenvalue weighted by Crippen LogP contribution is -2.45. The minimum Gasteiger partial charge on any atom is -0.348 e. The molecule has 1 aromatic rings. The molecule has 6 nitrogen and oxygen atoms in total. The maximum absolute atomic E-state index is 12.7. The van der Waals surface area contributed by atoms with Crippen molar-refractivity contribution in [3.63, 3.8) is 0 Å². The van der Waals surface area contributed by atoms with E-state index in [1.165, 1.54) is 0 Å². The van der Waals surface area contributed by atoms with Crippen molar-refractivity contribution < 1.29 is 14.4 Å². The summed E-state index contributed by atoms with van der Waals surface area (Å²) >= 11 is 0. The first-order chi connectivity index (χ1) is 12.7. The molecule has 1 spiro atoms. The Labute approximate surface area is 160 Å². The van der Waals surface area contributed by atoms with E-state index in [0.717, 1.165) is 29.7 Å². The predicted octanol–water partition coefficient (Wildman–Crippen LogP) is 3.14. The fourth-order valence-corrected chi connectivity index (χ4v) is 4.07. The molecule has 1 aliphatic heterocycles. The molecule has 1 saturated heterocycles. The van der Waals surface area contributed by atoms with E-state index < -0.39 is 11.6 Å². The molecule has 0 bridgehead atoms. The molecule has 1 aromatic carbocycles. The number of nitrogens with zero attached hydrogens (tertiary/aromatic N) is 1. The van der Waals surface area contributed by atoms with Crippen LogP contribution in [-0.4, -0.2) is 34.8 Å². The molecule has 146 valence electrons. The zero-order valence-corrected chi connectivity index (χ0v) is 16.4. The van der Waals surface area contributed by atoms with Gasteiger partial charge in [-0.3, -0.25) is 14.5 Å². The Hall–Kier alpha value is -2.37. The van der Waals surface area contributed by atoms with Gasteiger partial charge in [0.2, 0.25) is 5.91 Å². The zero-order valence-electron chi connectivity index (χ0n) is 16.4. The van der Waals surface area contributed by atoms with Crippen LogP contribution in [0.25, 0.3) is 0 Å². The number of carbonyl (C=O) groups is 3. The maximum Gasteiger partial charge on any atom is 0.325 e. The van der Waals surface area contributed by atoms with Gasteiger partial charge < -0.3 is 10.6 Å². The summed E-state index contributed by atoms with van der Waals surface area (Å²) in [7, 11) is 0. The summed E-state index contributed by atoms with van der Waals surface area (Å²) in [5.74, 6) is -0.570. The zero-order chi connectivity index (χ0) is 19.7. The van der Waals surface area contributed by atoms with Crippen LogP contribution >= 0.6 is 0 Å². The van der Waals surface area contributed by atoms with E-state index >= 15 is 0 Å². The third-order valence-corrected chi connectivity index (χ3v) is 5.36. The number of rotatable bonds is 5. The van der Waals surface area contributed by atoms with Crippen LogP contribution in [0.15, 0.2) is 30.3 Å². The molecule has 1 unspecified atom stereocenters. The van der Waals surface area contributed by atoms with Crippen molar-refractivity contribution in [3.8, 4) is 0 Å². The Morgan fingerprint density at radius 2 is 1.81 bits per heavy atom. The average Bonchev–Trinajstić information content (AvgIpc) is 3.15. The van der Waals surface area contributed by atoms with E-state index in [-0.39, 0.29) is 29.8 Å². The molecule has 2 aliphatic rings. The quantitative estimate of drug-likeness (QED) is 0.781. The normalized spacial score (nSPS) is 20.0. The van der Waals surface area contributed by atoms with Gasteiger partial charge in [-0.25, -0.2) is 4.79 Å². The lowest BCUT2D eigenvalue weighted by Gasteiger charge is -2.28. The lowest BCUT2D eigenvalue weighted by molar-refractivity contribution is -0.135. The van der Waals surface area contributed by atoms with E-state index in [1.54, 1.807) is 0 Å². The number of urea groups is 1. The second-order valence-electron chi connectivity index (χ2n) is 8.91. The smallest absolute Gasteiger partial charge is 0.325 e. The van der Waals surface area contributed by atoms with Crippen LogP contribution in [0.5, 0.6) is 0 Å². The van der Waals surface area contributed by atoms with Gasteiger partial charge in [0, 0.05) is 0 Å². The Morgan fingerprint density at radius 3 is 2.41 bits per heavy atom. The van der Waals surface area contributed by atoms with E-state index in [4.69, 9.17) is 0 Å². The first kappa shape index (κ1) is 19.4. The molecule has 0 radical (unpaired) electrons. The van der Waals surface area contributed by atoms with Crippen LogP contribution in [0.4, 0.5) is 4.79 Å². The topological polar surface area (TPSA) is 78.5 Å². The van der Waals surface area contributed by atoms with Crippen LogP contribution in [0, 0.1) is 5.41 Å². The van der Waals surface area contributed by atoms with Gasteiger partial charge in [0.25, 0.3) is 5.91 Å². The van der Waals surface area contributed by atoms with Gasteiger partial charge >= 0.3 is 6.03 Å². The molecular weight excluding hydrogens is 342 g/mol. The number of benzene rings is 1. The lowest BCUT2D eigenvalue weighted by atomic mass is 9.85. The van der Waals surface area contributed by atoms with Gasteiger partial charge in [-0.1, -0.05) is 63.9 Å². The summed E-state index contributed by atoms with van der Waals surface area (Å²) in [6.45, 7) is 6.13. The largest absolute Gasteiger partial charge is 0.348 e. The Kier molecular flexibility index (Phi) is 5.27. The summed E-state index contributed by atoms with van der Waals surface area (Å²) in [6, 6.07) is 9.17. The number of hydrogen-bond donors (Lipinski definition) is 2. The van der Waals surface area contributed by atoms with Crippen LogP contribution in [0.1, 0.15) is 64.5 Å². The van der Waals surface area contributed by atoms with Crippen molar-refractivity contribution in [3.05, 3.63) is 35.9 Å². The number of carbonyl (C=O) groups excluding carboxylic acids is 3. The minimum absolute atomic E-state index is 0.0164. The molecule has 4 amide bonds. The molecule has 3 rings (SSSR count). The van der Waals surface area contributed by atoms with Gasteiger partial charge in [0.15, 0.2) is 0 Å². The molecule has 6 heteroatoms. The van der Waals surface area contributed by atoms with Gasteiger partial charge in [-0.2, -0.15) is 0 Å². The summed E-state index contributed by atoms with van der Waals surface area (Å²) in [5, 5.41) is 5.84. The summed E-state index contributed by atoms with van der Waals surface area (Å²) in [4.78, 5) is 38.7. The third kappa shape index (κ3) is 4.31. The van der Waals surface area contributed by atoms with Crippen LogP contribution < -0.4 is 10.6 Å². The van der Waals surface area contributed by atoms with Crippen LogP contribution in [0.3, 0.4) is 0 Å². The molecule has 1 saturated carbocycles. The SMILES string of the molecule is CC(C)(C)CC(NC(=O)CN1C(=O)NC2(CCCC2)C1=O)c1ccccc1. The van der Waals surface area contributed by atoms with E-state index in [9.17, 15) is 14.4 Å². The fourth-order valence-electron chi connectivity index (χ4n) is 4.07. The first-order valence-electron chi connectivity index (χ1n) is 9.69. The molecule has 2 N–H and O–H groups in total. The molecule has 1 heterocycles. The Bertz CT molecular complexity index is 718. The number of hydrogen-bond acceptors (Lipinski definition) is 3. The van der Waals surface area contributed by atoms with E-state index in [1.807, 2.05) is 30.3 Å². The summed E-state index contributed by atoms with van der Waals surface area (Å²) in [5.41, 5.74) is 0.259. The number of amides is 4. The standard InChI is InChI=1S/C21H29N3O3/c1-20(2,3)13-16(15-9-5-4-6-10-15)22-17(25)14-24-18(26)21(23-19(24)27)11-7-8-12-21/h4-6,9-10,16H,7-8,11-14H2,1-3H3,(H,22,25)(H,23,27). The predicted molar refractivity (Wildman–Crippen MR) is 103 cm³/mol. The second-order valence-corrected chi connectivity index (χ2v) is 8.91. The molecule has 1 aliphatic carbocycles. The van der Waals surface area contributed by atoms with Crippen molar-refractivity contribution in [2.75, 3.05) is 6.54 Å². The van der Waals surface area contributed by atoms with Crippen LogP contribution in [-0.2, 0) is 9.59 Å². The van der Waals surface area contributed by atoms with Gasteiger partial charge in [0.05, 0.1) is 6.04 Å². The highest BCUT2D eigenvalue weighted by Crippen LogP contribution is 2.35. The highest BCUT2D eigenvalue weighted by Gasteiger charge is 2.52. The monoisotopic (exact) mass is 371 g/mol. The van der Waals surface area contributed by atoms with Crippen molar-refractivity contribution >= 4 is 17.8 Å². The fraction of sp³-hybridized carbons (Fsp3) is 0.571. The Balaban J connectivity index is 1.69. The second kappa shape index (κ2) is 7.33. The van der Waals surface area contributed by atoms with Crippen molar-refractivity contribution in [1.82, 2.24) is 15.5 Å². The maximum atomic E-state index is 12.7. The first-order valence-corrected chi connectivity index (χ1v) is 9.69. The highest BCUT2D eigenvalue weighted by atomic mass is 16.2. The molecular formula is C21H29N3O3. The molecule has 27 heavy (non-hydrogen) atoms. The Morgan fingerprint density at radius 1 is 1.19 bits per heavy atom. The van der Waals surface area contributed by atoms with Crippen molar-refractivity contribution in [2.45, 2.75) is 64.5 Å². The molecule has 0 aromatic heterocycles. The average molecular weight is 371 g/mol. The number of nitrogens with one attached hydrogen (secondary N) is 2. The van der Waals surface area contributed by atoms with Gasteiger partial charge in [-0.05, 0) is 30.2 Å². The summed E-state index contributed by atoms with van der Waals surface area (Å²) < 4.78 is 0. The summed E-state index contributed by atoms with van der Waals surface area (Å²) in [6.07, 6.45) is 3.92. The molecule has 2 fully saturated rings. The van der Waals surface area contributed by atoms with Gasteiger partial charge in [0.1, 0.15) is 12.1 Å². The van der Waals surface area contributed by atoms with Crippen LogP contribution in [0.2, 0.25) is 0 Å². The van der Waals surface area contributed by atoms with Crippen molar-refractivity contribution in [2.24, 2.45) is 5.41 Å². The third-order valence-electron chi connectivity index (χ3n) is 5.36. The molecule has 1 atom stereocenters. The van der Waals surface area contributed by atoms with Crippen molar-refractivity contribution in [1.29, 1.82) is 0 Å². The number of imide groups is 1. The van der Waals surface area contributed by atoms with E-state index in [0.29, 0.717) is 12.8 Å². The van der Waals surface area contributed by atoms with Gasteiger partial charge in [-0.15, -0.1) is 0 Å².